The summed E-state index contributed by atoms with van der Waals surface area (Å²) >= 11 is 0. The minimum Gasteiger partial charge on any atom is -0.479 e. The SMILES string of the molecule is CC(=O)NC[C@@H]1[C@@H](O)[C@H](O)[C@@H](CO)N1CCP(=O)(O)OCC(OCCC(C)CCCC(C)CCCC(C)C)C(=O)O. The molecule has 0 aromatic rings. The van der Waals surface area contributed by atoms with Gasteiger partial charge < -0.3 is 39.9 Å². The van der Waals surface area contributed by atoms with E-state index in [-0.39, 0.29) is 25.6 Å². The van der Waals surface area contributed by atoms with Gasteiger partial charge in [-0.3, -0.25) is 14.3 Å². The number of amides is 1. The number of rotatable bonds is 22. The number of carbonyl (C=O) groups excluding carboxylic acids is 1. The maximum Gasteiger partial charge on any atom is 0.335 e. The first kappa shape index (κ1) is 37.9. The van der Waals surface area contributed by atoms with E-state index in [9.17, 15) is 39.5 Å². The molecule has 13 heteroatoms. The third kappa shape index (κ3) is 14.8. The third-order valence-electron chi connectivity index (χ3n) is 7.88. The summed E-state index contributed by atoms with van der Waals surface area (Å²) in [5, 5.41) is 42.3. The van der Waals surface area contributed by atoms with Gasteiger partial charge in [-0.15, -0.1) is 0 Å². The Bertz CT molecular complexity index is 817. The molecule has 0 bridgehead atoms. The van der Waals surface area contributed by atoms with Gasteiger partial charge in [-0.1, -0.05) is 66.2 Å². The summed E-state index contributed by atoms with van der Waals surface area (Å²) in [6.45, 7) is 9.04. The lowest BCUT2D eigenvalue weighted by molar-refractivity contribution is -0.152. The van der Waals surface area contributed by atoms with Gasteiger partial charge in [-0.05, 0) is 24.2 Å². The van der Waals surface area contributed by atoms with Crippen LogP contribution in [0.3, 0.4) is 0 Å². The van der Waals surface area contributed by atoms with Crippen molar-refractivity contribution in [3.63, 3.8) is 0 Å². The molecule has 0 aromatic heterocycles. The van der Waals surface area contributed by atoms with Crippen LogP contribution in [0.25, 0.3) is 0 Å². The number of ether oxygens (including phenoxy) is 1. The fourth-order valence-corrected chi connectivity index (χ4v) is 6.18. The Labute approximate surface area is 245 Å². The minimum atomic E-state index is -4.29. The number of hydrogen-bond acceptors (Lipinski definition) is 9. The largest absolute Gasteiger partial charge is 0.479 e. The summed E-state index contributed by atoms with van der Waals surface area (Å²) in [5.41, 5.74) is 0. The maximum absolute atomic E-state index is 12.7. The monoisotopic (exact) mass is 610 g/mol. The van der Waals surface area contributed by atoms with E-state index in [1.54, 1.807) is 0 Å². The van der Waals surface area contributed by atoms with Gasteiger partial charge in [0.2, 0.25) is 5.91 Å². The Hall–Kier alpha value is -1.11. The van der Waals surface area contributed by atoms with Crippen LogP contribution in [0.1, 0.15) is 79.6 Å². The van der Waals surface area contributed by atoms with Gasteiger partial charge in [0, 0.05) is 26.6 Å². The molecule has 0 spiro atoms. The fourth-order valence-electron chi connectivity index (χ4n) is 5.20. The number of carbonyl (C=O) groups is 2. The van der Waals surface area contributed by atoms with Crippen LogP contribution in [0.15, 0.2) is 0 Å². The first-order chi connectivity index (χ1) is 19.2. The molecule has 242 valence electrons. The number of carboxylic acid groups (broad SMARTS) is 1. The highest BCUT2D eigenvalue weighted by molar-refractivity contribution is 7.52. The van der Waals surface area contributed by atoms with Crippen LogP contribution < -0.4 is 5.32 Å². The second kappa shape index (κ2) is 19.2. The first-order valence-electron chi connectivity index (χ1n) is 15.0. The average molecular weight is 611 g/mol. The van der Waals surface area contributed by atoms with Crippen molar-refractivity contribution in [3.8, 4) is 0 Å². The molecular weight excluding hydrogens is 555 g/mol. The van der Waals surface area contributed by atoms with Crippen molar-refractivity contribution in [3.05, 3.63) is 0 Å². The zero-order valence-electron chi connectivity index (χ0n) is 25.5. The second-order valence-corrected chi connectivity index (χ2v) is 14.1. The van der Waals surface area contributed by atoms with E-state index in [4.69, 9.17) is 9.26 Å². The summed E-state index contributed by atoms with van der Waals surface area (Å²) < 4.78 is 23.2. The van der Waals surface area contributed by atoms with Gasteiger partial charge in [0.05, 0.1) is 43.7 Å². The van der Waals surface area contributed by atoms with Crippen LogP contribution in [0.4, 0.5) is 0 Å². The van der Waals surface area contributed by atoms with Crippen LogP contribution in [0.2, 0.25) is 0 Å². The molecule has 4 unspecified atom stereocenters. The van der Waals surface area contributed by atoms with Crippen LogP contribution in [0.5, 0.6) is 0 Å². The number of aliphatic carboxylic acids is 1. The van der Waals surface area contributed by atoms with E-state index in [1.165, 1.54) is 37.5 Å². The molecule has 1 aliphatic rings. The lowest BCUT2D eigenvalue weighted by Gasteiger charge is -2.30. The topological polar surface area (TPSA) is 186 Å². The Morgan fingerprint density at radius 3 is 2.05 bits per heavy atom. The van der Waals surface area contributed by atoms with Crippen molar-refractivity contribution in [1.82, 2.24) is 10.2 Å². The van der Waals surface area contributed by atoms with Crippen molar-refractivity contribution in [2.45, 2.75) is 110 Å². The van der Waals surface area contributed by atoms with Gasteiger partial charge in [-0.2, -0.15) is 0 Å². The van der Waals surface area contributed by atoms with Gasteiger partial charge >= 0.3 is 13.6 Å². The molecule has 1 heterocycles. The first-order valence-corrected chi connectivity index (χ1v) is 16.7. The predicted molar refractivity (Wildman–Crippen MR) is 156 cm³/mol. The number of hydrogen-bond donors (Lipinski definition) is 6. The molecule has 1 aliphatic heterocycles. The van der Waals surface area contributed by atoms with Crippen LogP contribution >= 0.6 is 7.60 Å². The van der Waals surface area contributed by atoms with Crippen molar-refractivity contribution in [1.29, 1.82) is 0 Å². The number of aliphatic hydroxyl groups is 3. The van der Waals surface area contributed by atoms with Gasteiger partial charge in [0.15, 0.2) is 6.10 Å². The smallest absolute Gasteiger partial charge is 0.335 e. The van der Waals surface area contributed by atoms with Crippen molar-refractivity contribution >= 4 is 19.5 Å². The number of likely N-dealkylation sites (tertiary alicyclic amines) is 1. The van der Waals surface area contributed by atoms with Crippen LogP contribution in [0, 0.1) is 17.8 Å². The number of nitrogens with zero attached hydrogens (tertiary/aromatic N) is 1. The standard InChI is InChI=1S/C28H55N2O10P/c1-19(2)8-6-9-20(3)10-7-11-21(4)12-14-39-25(28(35)36)18-40-41(37,38)15-13-30-23(16-29-22(5)32)26(33)27(34)24(30)17-31/h19-21,23-27,31,33-34H,6-18H2,1-5H3,(H,29,32)(H,35,36)(H,37,38)/t20?,21?,23-,24-,25?,26-,27-/m1/s1. The van der Waals surface area contributed by atoms with Crippen molar-refractivity contribution < 1.29 is 48.7 Å². The van der Waals surface area contributed by atoms with E-state index in [0.717, 1.165) is 18.8 Å². The highest BCUT2D eigenvalue weighted by Crippen LogP contribution is 2.42. The zero-order valence-corrected chi connectivity index (χ0v) is 26.4. The predicted octanol–water partition coefficient (Wildman–Crippen LogP) is 2.22. The van der Waals surface area contributed by atoms with Crippen molar-refractivity contribution in [2.75, 3.05) is 39.1 Å². The molecule has 1 saturated heterocycles. The summed E-state index contributed by atoms with van der Waals surface area (Å²) in [4.78, 5) is 34.8. The highest BCUT2D eigenvalue weighted by atomic mass is 31.2. The molecule has 6 N–H and O–H groups in total. The zero-order chi connectivity index (χ0) is 31.2. The van der Waals surface area contributed by atoms with Crippen molar-refractivity contribution in [2.24, 2.45) is 17.8 Å². The molecule has 8 atom stereocenters. The van der Waals surface area contributed by atoms with Gasteiger partial charge in [-0.25, -0.2) is 4.79 Å². The molecule has 1 fully saturated rings. The third-order valence-corrected chi connectivity index (χ3v) is 9.20. The van der Waals surface area contributed by atoms with E-state index < -0.39 is 63.3 Å². The van der Waals surface area contributed by atoms with Gasteiger partial charge in [0.25, 0.3) is 0 Å². The number of carboxylic acids is 1. The Kier molecular flexibility index (Phi) is 17.8. The number of aliphatic hydroxyl groups excluding tert-OH is 3. The Balaban J connectivity index is 2.48. The molecule has 1 rings (SSSR count). The molecule has 41 heavy (non-hydrogen) atoms. The molecular formula is C28H55N2O10P. The Morgan fingerprint density at radius 2 is 1.51 bits per heavy atom. The minimum absolute atomic E-state index is 0.0364. The molecule has 1 amide bonds. The average Bonchev–Trinajstić information content (AvgIpc) is 3.11. The molecule has 0 aliphatic carbocycles. The molecule has 0 radical (unpaired) electrons. The highest BCUT2D eigenvalue weighted by Gasteiger charge is 2.47. The summed E-state index contributed by atoms with van der Waals surface area (Å²) in [6, 6.07) is -1.70. The van der Waals surface area contributed by atoms with Gasteiger partial charge in [0.1, 0.15) is 0 Å². The van der Waals surface area contributed by atoms with E-state index in [2.05, 4.69) is 33.0 Å². The Morgan fingerprint density at radius 1 is 0.951 bits per heavy atom. The maximum atomic E-state index is 12.7. The molecule has 0 saturated carbocycles. The summed E-state index contributed by atoms with van der Waals surface area (Å²) in [5.74, 6) is 0.133. The lowest BCUT2D eigenvalue weighted by atomic mass is 9.93. The fraction of sp³-hybridized carbons (Fsp3) is 0.929. The number of nitrogens with one attached hydrogen (secondary N) is 1. The van der Waals surface area contributed by atoms with E-state index in [0.29, 0.717) is 18.3 Å². The lowest BCUT2D eigenvalue weighted by Crippen LogP contribution is -2.48. The van der Waals surface area contributed by atoms with E-state index in [1.807, 2.05) is 0 Å². The second-order valence-electron chi connectivity index (χ2n) is 12.1. The molecule has 12 nitrogen and oxygen atoms in total. The van der Waals surface area contributed by atoms with E-state index >= 15 is 0 Å². The summed E-state index contributed by atoms with van der Waals surface area (Å²) in [6.07, 6.45) is 3.27. The quantitative estimate of drug-likeness (QED) is 0.0987. The van der Waals surface area contributed by atoms with Crippen LogP contribution in [-0.2, 0) is 23.4 Å². The normalized spacial score (nSPS) is 25.1. The molecule has 0 aromatic carbocycles. The summed E-state index contributed by atoms with van der Waals surface area (Å²) in [7, 11) is -4.29. The van der Waals surface area contributed by atoms with Crippen LogP contribution in [-0.4, -0.2) is 112 Å².